The highest BCUT2D eigenvalue weighted by Crippen LogP contribution is 2.24. The van der Waals surface area contributed by atoms with Crippen LogP contribution in [0.2, 0.25) is 0 Å². The van der Waals surface area contributed by atoms with Gasteiger partial charge in [0, 0.05) is 17.8 Å². The van der Waals surface area contributed by atoms with Crippen LogP contribution in [-0.2, 0) is 12.8 Å². The summed E-state index contributed by atoms with van der Waals surface area (Å²) in [6.45, 7) is 2.57. The lowest BCUT2D eigenvalue weighted by Gasteiger charge is -2.13. The monoisotopic (exact) mass is 582 g/mol. The van der Waals surface area contributed by atoms with Crippen molar-refractivity contribution >= 4 is 29.0 Å². The van der Waals surface area contributed by atoms with Crippen LogP contribution in [0.4, 0.5) is 23.7 Å². The third-order valence-electron chi connectivity index (χ3n) is 6.09. The Labute approximate surface area is 240 Å². The Hall–Kier alpha value is -4.45. The molecule has 8 nitrogen and oxygen atoms in total. The topological polar surface area (TPSA) is 93.1 Å². The van der Waals surface area contributed by atoms with Crippen molar-refractivity contribution in [2.45, 2.75) is 39.0 Å². The van der Waals surface area contributed by atoms with E-state index in [1.54, 1.807) is 0 Å². The van der Waals surface area contributed by atoms with Crippen molar-refractivity contribution in [3.8, 4) is 22.8 Å². The molecule has 12 heteroatoms. The highest BCUT2D eigenvalue weighted by Gasteiger charge is 2.31. The number of rotatable bonds is 10. The number of ether oxygens (including phenoxy) is 1. The summed E-state index contributed by atoms with van der Waals surface area (Å²) >= 11 is 5.25. The highest BCUT2D eigenvalue weighted by molar-refractivity contribution is 7.80. The summed E-state index contributed by atoms with van der Waals surface area (Å²) in [5.74, 6) is 0.190. The first kappa shape index (κ1) is 29.5. The second-order valence-electron chi connectivity index (χ2n) is 9.05. The van der Waals surface area contributed by atoms with Crippen LogP contribution < -0.4 is 20.7 Å². The molecular weight excluding hydrogens is 553 g/mol. The maximum Gasteiger partial charge on any atom is 0.573 e. The number of para-hydroxylation sites is 1. The first-order chi connectivity index (χ1) is 19.7. The third kappa shape index (κ3) is 9.04. The van der Waals surface area contributed by atoms with Gasteiger partial charge in [-0.25, -0.2) is 14.5 Å². The van der Waals surface area contributed by atoms with E-state index in [4.69, 9.17) is 12.2 Å². The SMILES string of the molecule is CCc1ccccc1NC(=S)NC(=O)NCCCCc1ccc(-c2ncn(-c3ccc(OC(F)(F)F)cc3)n2)cc1. The number of urea groups is 1. The van der Waals surface area contributed by atoms with E-state index in [9.17, 15) is 18.0 Å². The van der Waals surface area contributed by atoms with Crippen LogP contribution in [0.1, 0.15) is 30.9 Å². The van der Waals surface area contributed by atoms with Crippen LogP contribution in [0.15, 0.2) is 79.1 Å². The van der Waals surface area contributed by atoms with Crippen molar-refractivity contribution < 1.29 is 22.7 Å². The number of nitrogens with one attached hydrogen (secondary N) is 3. The molecule has 0 spiro atoms. The molecule has 0 radical (unpaired) electrons. The molecule has 1 aromatic heterocycles. The molecule has 0 fully saturated rings. The molecule has 1 heterocycles. The van der Waals surface area contributed by atoms with Crippen molar-refractivity contribution in [2.24, 2.45) is 0 Å². The fourth-order valence-electron chi connectivity index (χ4n) is 4.05. The summed E-state index contributed by atoms with van der Waals surface area (Å²) in [6, 6.07) is 20.7. The second kappa shape index (κ2) is 13.8. The molecule has 0 aliphatic heterocycles. The largest absolute Gasteiger partial charge is 0.573 e. The van der Waals surface area contributed by atoms with Gasteiger partial charge in [-0.05, 0) is 79.4 Å². The van der Waals surface area contributed by atoms with Gasteiger partial charge in [0.15, 0.2) is 10.9 Å². The van der Waals surface area contributed by atoms with E-state index in [0.29, 0.717) is 18.1 Å². The lowest BCUT2D eigenvalue weighted by Crippen LogP contribution is -2.42. The second-order valence-corrected chi connectivity index (χ2v) is 9.46. The number of halogens is 3. The van der Waals surface area contributed by atoms with Crippen molar-refractivity contribution in [3.63, 3.8) is 0 Å². The number of thiocarbonyl (C=S) groups is 1. The van der Waals surface area contributed by atoms with Gasteiger partial charge in [0.2, 0.25) is 0 Å². The zero-order valence-corrected chi connectivity index (χ0v) is 23.1. The zero-order chi connectivity index (χ0) is 29.2. The van der Waals surface area contributed by atoms with Gasteiger partial charge < -0.3 is 15.4 Å². The lowest BCUT2D eigenvalue weighted by atomic mass is 10.1. The Kier molecular flexibility index (Phi) is 9.91. The van der Waals surface area contributed by atoms with Gasteiger partial charge >= 0.3 is 12.4 Å². The molecule has 2 amide bonds. The molecule has 0 atom stereocenters. The summed E-state index contributed by atoms with van der Waals surface area (Å²) in [5.41, 5.74) is 4.50. The fraction of sp³-hybridized carbons (Fsp3) is 0.241. The predicted molar refractivity (Wildman–Crippen MR) is 155 cm³/mol. The van der Waals surface area contributed by atoms with E-state index in [1.165, 1.54) is 35.3 Å². The van der Waals surface area contributed by atoms with E-state index in [0.717, 1.165) is 48.1 Å². The van der Waals surface area contributed by atoms with Crippen molar-refractivity contribution in [1.29, 1.82) is 0 Å². The van der Waals surface area contributed by atoms with Crippen molar-refractivity contribution in [3.05, 3.63) is 90.3 Å². The van der Waals surface area contributed by atoms with Gasteiger partial charge in [-0.3, -0.25) is 5.32 Å². The molecule has 41 heavy (non-hydrogen) atoms. The maximum atomic E-state index is 12.4. The number of hydrogen-bond acceptors (Lipinski definition) is 5. The number of alkyl halides is 3. The Morgan fingerprint density at radius 1 is 1.00 bits per heavy atom. The standard InChI is InChI=1S/C29H29F3N6O2S/c1-2-21-8-3-4-9-25(21)35-28(41)36-27(39)33-18-6-5-7-20-10-12-22(13-11-20)26-34-19-38(37-26)23-14-16-24(17-15-23)40-29(30,31)32/h3-4,8-17,19H,2,5-7,18H2,1H3,(H3,33,35,36,39,41). The molecular formula is C29H29F3N6O2S. The smallest absolute Gasteiger partial charge is 0.406 e. The number of aromatic nitrogens is 3. The summed E-state index contributed by atoms with van der Waals surface area (Å²) in [5, 5.41) is 13.2. The van der Waals surface area contributed by atoms with Gasteiger partial charge in [0.1, 0.15) is 12.1 Å². The number of carbonyl (C=O) groups is 1. The summed E-state index contributed by atoms with van der Waals surface area (Å²) in [6.07, 6.45) is 0.132. The van der Waals surface area contributed by atoms with E-state index >= 15 is 0 Å². The summed E-state index contributed by atoms with van der Waals surface area (Å²) < 4.78 is 42.4. The maximum absolute atomic E-state index is 12.4. The van der Waals surface area contributed by atoms with Crippen molar-refractivity contribution in [2.75, 3.05) is 11.9 Å². The minimum absolute atomic E-state index is 0.247. The van der Waals surface area contributed by atoms with Crippen LogP contribution in [0.5, 0.6) is 5.75 Å². The normalized spacial score (nSPS) is 11.1. The molecule has 0 saturated carbocycles. The van der Waals surface area contributed by atoms with Crippen LogP contribution in [0, 0.1) is 0 Å². The zero-order valence-electron chi connectivity index (χ0n) is 22.2. The molecule has 4 rings (SSSR count). The van der Waals surface area contributed by atoms with Crippen LogP contribution >= 0.6 is 12.2 Å². The Bertz CT molecular complexity index is 1460. The van der Waals surface area contributed by atoms with Crippen LogP contribution in [-0.4, -0.2) is 38.8 Å². The van der Waals surface area contributed by atoms with Gasteiger partial charge in [0.25, 0.3) is 0 Å². The molecule has 0 unspecified atom stereocenters. The molecule has 214 valence electrons. The van der Waals surface area contributed by atoms with E-state index in [1.807, 2.05) is 48.5 Å². The molecule has 3 N–H and O–H groups in total. The van der Waals surface area contributed by atoms with Crippen LogP contribution in [0.3, 0.4) is 0 Å². The first-order valence-corrected chi connectivity index (χ1v) is 13.4. The average molecular weight is 583 g/mol. The van der Waals surface area contributed by atoms with E-state index < -0.39 is 6.36 Å². The van der Waals surface area contributed by atoms with Gasteiger partial charge in [-0.2, -0.15) is 0 Å². The Morgan fingerprint density at radius 3 is 2.44 bits per heavy atom. The molecule has 0 bridgehead atoms. The van der Waals surface area contributed by atoms with E-state index in [-0.39, 0.29) is 16.9 Å². The average Bonchev–Trinajstić information content (AvgIpc) is 3.43. The highest BCUT2D eigenvalue weighted by atomic mass is 32.1. The van der Waals surface area contributed by atoms with Crippen molar-refractivity contribution in [1.82, 2.24) is 25.4 Å². The van der Waals surface area contributed by atoms with Gasteiger partial charge in [-0.15, -0.1) is 18.3 Å². The summed E-state index contributed by atoms with van der Waals surface area (Å²) in [7, 11) is 0. The Balaban J connectivity index is 1.18. The molecule has 0 aliphatic carbocycles. The molecule has 3 aromatic carbocycles. The predicted octanol–water partition coefficient (Wildman–Crippen LogP) is 6.41. The number of anilines is 1. The first-order valence-electron chi connectivity index (χ1n) is 13.0. The molecule has 4 aromatic rings. The quantitative estimate of drug-likeness (QED) is 0.148. The molecule has 0 saturated heterocycles. The fourth-order valence-corrected chi connectivity index (χ4v) is 4.25. The third-order valence-corrected chi connectivity index (χ3v) is 6.29. The number of benzene rings is 3. The number of amides is 2. The van der Waals surface area contributed by atoms with Gasteiger partial charge in [0.05, 0.1) is 5.69 Å². The number of hydrogen-bond donors (Lipinski definition) is 3. The number of aryl methyl sites for hydroxylation is 2. The van der Waals surface area contributed by atoms with Crippen LogP contribution in [0.25, 0.3) is 17.1 Å². The lowest BCUT2D eigenvalue weighted by molar-refractivity contribution is -0.274. The number of carbonyl (C=O) groups excluding carboxylic acids is 1. The molecule has 0 aliphatic rings. The van der Waals surface area contributed by atoms with E-state index in [2.05, 4.69) is 37.7 Å². The minimum atomic E-state index is -4.74. The number of nitrogens with zero attached hydrogens (tertiary/aromatic N) is 3. The Morgan fingerprint density at radius 2 is 1.73 bits per heavy atom. The summed E-state index contributed by atoms with van der Waals surface area (Å²) in [4.78, 5) is 16.5. The minimum Gasteiger partial charge on any atom is -0.406 e. The number of unbranched alkanes of at least 4 members (excludes halogenated alkanes) is 1. The van der Waals surface area contributed by atoms with Gasteiger partial charge in [-0.1, -0.05) is 49.4 Å².